The summed E-state index contributed by atoms with van der Waals surface area (Å²) < 4.78 is 10.2. The molecule has 0 aromatic heterocycles. The molecule has 7 heteroatoms. The van der Waals surface area contributed by atoms with Crippen LogP contribution >= 0.6 is 0 Å². The number of rotatable bonds is 6. The number of nitrogens with one attached hydrogen (secondary N) is 1. The van der Waals surface area contributed by atoms with E-state index in [1.54, 1.807) is 13.0 Å². The summed E-state index contributed by atoms with van der Waals surface area (Å²) in [6.07, 6.45) is 0. The van der Waals surface area contributed by atoms with Crippen molar-refractivity contribution in [2.75, 3.05) is 14.2 Å². The molecule has 0 aliphatic heterocycles. The van der Waals surface area contributed by atoms with E-state index in [1.807, 2.05) is 37.3 Å². The number of benzene rings is 2. The molecule has 3 rings (SSSR count). The number of amides is 1. The Balaban J connectivity index is 2.04. The van der Waals surface area contributed by atoms with Gasteiger partial charge in [0.1, 0.15) is 5.75 Å². The van der Waals surface area contributed by atoms with E-state index in [2.05, 4.69) is 5.32 Å². The molecule has 1 aliphatic carbocycles. The molecule has 0 spiro atoms. The van der Waals surface area contributed by atoms with Crippen LogP contribution in [0.3, 0.4) is 0 Å². The molecular weight excluding hydrogens is 410 g/mol. The first-order chi connectivity index (χ1) is 15.2. The maximum atomic E-state index is 13.1. The van der Waals surface area contributed by atoms with Crippen molar-refractivity contribution in [3.8, 4) is 5.75 Å². The van der Waals surface area contributed by atoms with Crippen LogP contribution in [-0.2, 0) is 19.1 Å². The van der Waals surface area contributed by atoms with Crippen molar-refractivity contribution in [3.63, 3.8) is 0 Å². The third-order valence-electron chi connectivity index (χ3n) is 5.45. The number of aryl methyl sites for hydroxylation is 1. The Morgan fingerprint density at radius 1 is 0.969 bits per heavy atom. The minimum Gasteiger partial charge on any atom is -0.507 e. The number of phenolic OH excluding ortho intramolecular Hbond substituents is 1. The Bertz CT molecular complexity index is 1160. The summed E-state index contributed by atoms with van der Waals surface area (Å²) in [5, 5.41) is 13.4. The van der Waals surface area contributed by atoms with Crippen LogP contribution in [0.15, 0.2) is 59.6 Å². The second kappa shape index (κ2) is 9.09. The molecule has 0 fully saturated rings. The summed E-state index contributed by atoms with van der Waals surface area (Å²) in [4.78, 5) is 38.8. The quantitative estimate of drug-likeness (QED) is 0.672. The first kappa shape index (κ1) is 22.8. The lowest BCUT2D eigenvalue weighted by Crippen LogP contribution is -2.27. The number of carbonyl (C=O) groups is 3. The fourth-order valence-electron chi connectivity index (χ4n) is 3.69. The third kappa shape index (κ3) is 4.01. The minimum absolute atomic E-state index is 0.00353. The van der Waals surface area contributed by atoms with Crippen LogP contribution < -0.4 is 5.32 Å². The molecule has 32 heavy (non-hydrogen) atoms. The van der Waals surface area contributed by atoms with Crippen molar-refractivity contribution in [2.24, 2.45) is 0 Å². The molecule has 1 aliphatic rings. The maximum absolute atomic E-state index is 13.1. The Labute approximate surface area is 186 Å². The number of ether oxygens (including phenoxy) is 2. The summed E-state index contributed by atoms with van der Waals surface area (Å²) in [6, 6.07) is 12.1. The molecule has 1 atom stereocenters. The number of hydrogen-bond acceptors (Lipinski definition) is 6. The average Bonchev–Trinajstić information content (AvgIpc) is 2.78. The highest BCUT2D eigenvalue weighted by Gasteiger charge is 2.36. The summed E-state index contributed by atoms with van der Waals surface area (Å²) in [6.45, 7) is 4.97. The van der Waals surface area contributed by atoms with Gasteiger partial charge in [-0.05, 0) is 49.6 Å². The molecule has 2 aromatic carbocycles. The Morgan fingerprint density at radius 2 is 1.56 bits per heavy atom. The van der Waals surface area contributed by atoms with E-state index in [4.69, 9.17) is 9.47 Å². The number of allylic oxidation sites excluding steroid dienone is 2. The maximum Gasteiger partial charge on any atom is 0.255 e. The van der Waals surface area contributed by atoms with Gasteiger partial charge in [0.2, 0.25) is 23.1 Å². The highest BCUT2D eigenvalue weighted by atomic mass is 16.5. The lowest BCUT2D eigenvalue weighted by atomic mass is 9.86. The zero-order chi connectivity index (χ0) is 23.6. The molecule has 0 radical (unpaired) electrons. The zero-order valence-electron chi connectivity index (χ0n) is 18.6. The molecule has 0 saturated heterocycles. The average molecular weight is 435 g/mol. The predicted octanol–water partition coefficient (Wildman–Crippen LogP) is 3.62. The third-order valence-corrected chi connectivity index (χ3v) is 5.45. The molecule has 2 aromatic rings. The predicted molar refractivity (Wildman–Crippen MR) is 119 cm³/mol. The fourth-order valence-corrected chi connectivity index (χ4v) is 3.69. The van der Waals surface area contributed by atoms with Crippen molar-refractivity contribution in [1.29, 1.82) is 0 Å². The van der Waals surface area contributed by atoms with Crippen LogP contribution in [0.2, 0.25) is 0 Å². The van der Waals surface area contributed by atoms with Gasteiger partial charge in [-0.25, -0.2) is 0 Å². The van der Waals surface area contributed by atoms with Crippen molar-refractivity contribution >= 4 is 23.0 Å². The molecule has 166 valence electrons. The normalized spacial score (nSPS) is 15.0. The van der Waals surface area contributed by atoms with E-state index in [0.717, 1.165) is 5.56 Å². The number of carbonyl (C=O) groups excluding carboxylic acids is 3. The Hall–Kier alpha value is -3.87. The van der Waals surface area contributed by atoms with E-state index in [-0.39, 0.29) is 40.0 Å². The highest BCUT2D eigenvalue weighted by molar-refractivity contribution is 6.38. The number of phenols is 1. The van der Waals surface area contributed by atoms with Gasteiger partial charge in [-0.15, -0.1) is 0 Å². The molecule has 0 bridgehead atoms. The molecule has 2 N–H and O–H groups in total. The summed E-state index contributed by atoms with van der Waals surface area (Å²) in [7, 11) is 2.57. The standard InChI is InChI=1S/C25H25NO6/c1-13-11-17(19-14(2)21(28)23(31-4)24(32-5)22(19)29)12-18(20(13)27)25(30)26-15(3)16-9-7-6-8-10-16/h6-12,15,27H,1-5H3,(H,26,30)/t15-/m1/s1. The van der Waals surface area contributed by atoms with Gasteiger partial charge in [0, 0.05) is 11.1 Å². The van der Waals surface area contributed by atoms with Crippen LogP contribution in [0.5, 0.6) is 5.75 Å². The SMILES string of the molecule is COC1=C(OC)C(=O)C(c2cc(C)c(O)c(C(=O)N[C@H](C)c3ccccc3)c2)=C(C)C1=O. The lowest BCUT2D eigenvalue weighted by molar-refractivity contribution is -0.119. The zero-order valence-corrected chi connectivity index (χ0v) is 18.6. The first-order valence-electron chi connectivity index (χ1n) is 10.0. The number of methoxy groups -OCH3 is 2. The van der Waals surface area contributed by atoms with E-state index in [1.165, 1.54) is 27.2 Å². The summed E-state index contributed by atoms with van der Waals surface area (Å²) in [5.74, 6) is -2.07. The van der Waals surface area contributed by atoms with Crippen LogP contribution in [0, 0.1) is 6.92 Å². The second-order valence-corrected chi connectivity index (χ2v) is 7.52. The molecule has 0 heterocycles. The van der Waals surface area contributed by atoms with Gasteiger partial charge in [0.05, 0.1) is 25.8 Å². The van der Waals surface area contributed by atoms with Crippen LogP contribution in [0.1, 0.15) is 46.9 Å². The Morgan fingerprint density at radius 3 is 2.16 bits per heavy atom. The van der Waals surface area contributed by atoms with Gasteiger partial charge in [-0.2, -0.15) is 0 Å². The highest BCUT2D eigenvalue weighted by Crippen LogP contribution is 2.35. The van der Waals surface area contributed by atoms with Crippen LogP contribution in [0.4, 0.5) is 0 Å². The molecule has 0 unspecified atom stereocenters. The Kier molecular flexibility index (Phi) is 6.48. The number of aromatic hydroxyl groups is 1. The molecule has 0 saturated carbocycles. The largest absolute Gasteiger partial charge is 0.507 e. The van der Waals surface area contributed by atoms with Crippen molar-refractivity contribution < 1.29 is 29.0 Å². The van der Waals surface area contributed by atoms with E-state index >= 15 is 0 Å². The lowest BCUT2D eigenvalue weighted by Gasteiger charge is -2.21. The van der Waals surface area contributed by atoms with Gasteiger partial charge in [-0.3, -0.25) is 14.4 Å². The minimum atomic E-state index is -0.532. The van der Waals surface area contributed by atoms with Gasteiger partial charge < -0.3 is 19.9 Å². The van der Waals surface area contributed by atoms with E-state index in [0.29, 0.717) is 11.1 Å². The molecule has 7 nitrogen and oxygen atoms in total. The van der Waals surface area contributed by atoms with Crippen LogP contribution in [0.25, 0.3) is 5.57 Å². The van der Waals surface area contributed by atoms with Crippen molar-refractivity contribution in [2.45, 2.75) is 26.8 Å². The van der Waals surface area contributed by atoms with Gasteiger partial charge in [0.15, 0.2) is 0 Å². The van der Waals surface area contributed by atoms with Crippen molar-refractivity contribution in [1.82, 2.24) is 5.32 Å². The molecular formula is C25H25NO6. The van der Waals surface area contributed by atoms with E-state index in [9.17, 15) is 19.5 Å². The van der Waals surface area contributed by atoms with Gasteiger partial charge >= 0.3 is 0 Å². The second-order valence-electron chi connectivity index (χ2n) is 7.52. The van der Waals surface area contributed by atoms with Crippen LogP contribution in [-0.4, -0.2) is 36.8 Å². The number of Topliss-reactive ketones (excluding diaryl/α,β-unsaturated/α-hetero) is 2. The van der Waals surface area contributed by atoms with Gasteiger partial charge in [0.25, 0.3) is 5.91 Å². The van der Waals surface area contributed by atoms with Gasteiger partial charge in [-0.1, -0.05) is 30.3 Å². The summed E-state index contributed by atoms with van der Waals surface area (Å²) >= 11 is 0. The van der Waals surface area contributed by atoms with Crippen molar-refractivity contribution in [3.05, 3.63) is 81.8 Å². The molecule has 1 amide bonds. The number of ketones is 2. The van der Waals surface area contributed by atoms with E-state index < -0.39 is 17.5 Å². The summed E-state index contributed by atoms with van der Waals surface area (Å²) in [5.41, 5.74) is 1.90. The number of hydrogen-bond donors (Lipinski definition) is 2. The smallest absolute Gasteiger partial charge is 0.255 e. The fraction of sp³-hybridized carbons (Fsp3) is 0.240. The first-order valence-corrected chi connectivity index (χ1v) is 10.0. The monoisotopic (exact) mass is 435 g/mol. The topological polar surface area (TPSA) is 102 Å².